The second kappa shape index (κ2) is 10.1. The number of likely N-dealkylation sites (tertiary alicyclic amines) is 1. The molecular formula is C29H37BrN2O3. The topological polar surface area (TPSA) is 42.0 Å². The van der Waals surface area contributed by atoms with Crippen molar-refractivity contribution in [2.24, 2.45) is 5.41 Å². The van der Waals surface area contributed by atoms with Crippen molar-refractivity contribution in [2.45, 2.75) is 70.6 Å². The van der Waals surface area contributed by atoms with Gasteiger partial charge in [-0.1, -0.05) is 18.2 Å². The van der Waals surface area contributed by atoms with Crippen LogP contribution in [-0.4, -0.2) is 49.8 Å². The molecule has 2 heterocycles. The Bertz CT molecular complexity index is 1060. The number of piperidine rings is 1. The van der Waals surface area contributed by atoms with E-state index < -0.39 is 0 Å². The summed E-state index contributed by atoms with van der Waals surface area (Å²) in [6.45, 7) is 7.57. The van der Waals surface area contributed by atoms with Crippen molar-refractivity contribution in [2.75, 3.05) is 31.6 Å². The molecule has 3 fully saturated rings. The Morgan fingerprint density at radius 1 is 1.09 bits per heavy atom. The highest BCUT2D eigenvalue weighted by molar-refractivity contribution is 9.10. The predicted molar refractivity (Wildman–Crippen MR) is 143 cm³/mol. The summed E-state index contributed by atoms with van der Waals surface area (Å²) in [4.78, 5) is 17.1. The van der Waals surface area contributed by atoms with E-state index >= 15 is 0 Å². The number of esters is 1. The van der Waals surface area contributed by atoms with E-state index in [0.717, 1.165) is 23.3 Å². The molecule has 2 aliphatic heterocycles. The van der Waals surface area contributed by atoms with Gasteiger partial charge in [0.1, 0.15) is 5.75 Å². The molecule has 2 aromatic carbocycles. The van der Waals surface area contributed by atoms with Crippen LogP contribution >= 0.6 is 15.9 Å². The molecule has 6 heteroatoms. The molecule has 3 aliphatic rings. The zero-order valence-electron chi connectivity index (χ0n) is 21.1. The highest BCUT2D eigenvalue weighted by Gasteiger charge is 2.50. The third kappa shape index (κ3) is 4.97. The number of carbonyl (C=O) groups excluding carboxylic acids is 1. The van der Waals surface area contributed by atoms with Crippen molar-refractivity contribution in [3.8, 4) is 5.75 Å². The Morgan fingerprint density at radius 2 is 1.83 bits per heavy atom. The van der Waals surface area contributed by atoms with Gasteiger partial charge in [-0.05, 0) is 105 Å². The second-order valence-electron chi connectivity index (χ2n) is 10.8. The van der Waals surface area contributed by atoms with E-state index in [9.17, 15) is 4.79 Å². The number of anilines is 1. The van der Waals surface area contributed by atoms with Crippen LogP contribution in [0.5, 0.6) is 5.75 Å². The number of hydrogen-bond donors (Lipinski definition) is 0. The lowest BCUT2D eigenvalue weighted by molar-refractivity contribution is -0.0230. The van der Waals surface area contributed by atoms with Gasteiger partial charge in [0.2, 0.25) is 0 Å². The SMILES string of the molecule is COC(=O)c1ccc(N2CCC3(CC2)CC(N2CCC[C@H]2c2ccccc2OC(C)C)C3)cc1Br. The van der Waals surface area contributed by atoms with Gasteiger partial charge in [0.05, 0.1) is 18.8 Å². The number of halogens is 1. The average molecular weight is 542 g/mol. The maximum Gasteiger partial charge on any atom is 0.339 e. The summed E-state index contributed by atoms with van der Waals surface area (Å²) < 4.78 is 11.8. The first kappa shape index (κ1) is 24.6. The lowest BCUT2D eigenvalue weighted by Gasteiger charge is -2.56. The van der Waals surface area contributed by atoms with Crippen molar-refractivity contribution in [1.29, 1.82) is 0 Å². The first-order valence-corrected chi connectivity index (χ1v) is 13.8. The summed E-state index contributed by atoms with van der Waals surface area (Å²) in [6.07, 6.45) is 7.81. The van der Waals surface area contributed by atoms with Gasteiger partial charge in [-0.3, -0.25) is 4.90 Å². The van der Waals surface area contributed by atoms with Crippen LogP contribution in [0.1, 0.15) is 74.3 Å². The molecule has 0 unspecified atom stereocenters. The van der Waals surface area contributed by atoms with Crippen molar-refractivity contribution >= 4 is 27.6 Å². The molecule has 1 spiro atoms. The maximum atomic E-state index is 11.9. The highest BCUT2D eigenvalue weighted by Crippen LogP contribution is 2.54. The first-order valence-electron chi connectivity index (χ1n) is 13.0. The Labute approximate surface area is 217 Å². The molecule has 0 aromatic heterocycles. The smallest absolute Gasteiger partial charge is 0.339 e. The summed E-state index contributed by atoms with van der Waals surface area (Å²) in [7, 11) is 1.42. The minimum atomic E-state index is -0.305. The minimum absolute atomic E-state index is 0.195. The number of rotatable bonds is 6. The standard InChI is InChI=1S/C29H37BrN2O3/c1-20(2)35-27-9-5-4-7-24(27)26-8-6-14-32(26)22-18-29(19-22)12-15-31(16-13-29)21-10-11-23(25(30)17-21)28(33)34-3/h4-5,7,9-11,17,20,22,26H,6,8,12-16,18-19H2,1-3H3/t26-/m0/s1. The molecule has 2 saturated heterocycles. The van der Waals surface area contributed by atoms with Crippen LogP contribution in [0.4, 0.5) is 5.69 Å². The van der Waals surface area contributed by atoms with Crippen LogP contribution in [-0.2, 0) is 4.74 Å². The average Bonchev–Trinajstić information content (AvgIpc) is 3.31. The Morgan fingerprint density at radius 3 is 2.51 bits per heavy atom. The predicted octanol–water partition coefficient (Wildman–Crippen LogP) is 6.61. The molecule has 0 radical (unpaired) electrons. The minimum Gasteiger partial charge on any atom is -0.491 e. The van der Waals surface area contributed by atoms with E-state index in [2.05, 4.69) is 69.9 Å². The zero-order chi connectivity index (χ0) is 24.6. The number of hydrogen-bond acceptors (Lipinski definition) is 5. The maximum absolute atomic E-state index is 11.9. The second-order valence-corrected chi connectivity index (χ2v) is 11.7. The Kier molecular flexibility index (Phi) is 7.13. The van der Waals surface area contributed by atoms with Crippen LogP contribution < -0.4 is 9.64 Å². The molecule has 5 rings (SSSR count). The lowest BCUT2D eigenvalue weighted by Crippen LogP contribution is -2.54. The van der Waals surface area contributed by atoms with E-state index in [1.807, 2.05) is 12.1 Å². The van der Waals surface area contributed by atoms with Crippen LogP contribution in [0, 0.1) is 5.41 Å². The van der Waals surface area contributed by atoms with Gasteiger partial charge in [-0.15, -0.1) is 0 Å². The fourth-order valence-corrected chi connectivity index (χ4v) is 7.00. The van der Waals surface area contributed by atoms with Crippen molar-refractivity contribution in [3.63, 3.8) is 0 Å². The highest BCUT2D eigenvalue weighted by atomic mass is 79.9. The van der Waals surface area contributed by atoms with E-state index in [4.69, 9.17) is 9.47 Å². The third-order valence-electron chi connectivity index (χ3n) is 8.29. The summed E-state index contributed by atoms with van der Waals surface area (Å²) in [5.41, 5.74) is 3.62. The molecule has 1 atom stereocenters. The zero-order valence-corrected chi connectivity index (χ0v) is 22.7. The monoisotopic (exact) mass is 540 g/mol. The number of ether oxygens (including phenoxy) is 2. The van der Waals surface area contributed by atoms with E-state index in [1.54, 1.807) is 0 Å². The summed E-state index contributed by atoms with van der Waals surface area (Å²) in [5.74, 6) is 0.756. The largest absolute Gasteiger partial charge is 0.491 e. The Hall–Kier alpha value is -2.05. The number of methoxy groups -OCH3 is 1. The molecule has 35 heavy (non-hydrogen) atoms. The van der Waals surface area contributed by atoms with Crippen LogP contribution in [0.3, 0.4) is 0 Å². The fraction of sp³-hybridized carbons (Fsp3) is 0.552. The number of nitrogens with zero attached hydrogens (tertiary/aromatic N) is 2. The Balaban J connectivity index is 1.20. The molecule has 0 bridgehead atoms. The van der Waals surface area contributed by atoms with Gasteiger partial charge in [-0.2, -0.15) is 0 Å². The van der Waals surface area contributed by atoms with Crippen molar-refractivity contribution in [1.82, 2.24) is 4.90 Å². The molecule has 1 aliphatic carbocycles. The van der Waals surface area contributed by atoms with Gasteiger partial charge in [0.15, 0.2) is 0 Å². The molecule has 5 nitrogen and oxygen atoms in total. The van der Waals surface area contributed by atoms with Crippen molar-refractivity contribution < 1.29 is 14.3 Å². The molecule has 1 saturated carbocycles. The van der Waals surface area contributed by atoms with E-state index in [1.165, 1.54) is 63.4 Å². The summed E-state index contributed by atoms with van der Waals surface area (Å²) in [6, 6.07) is 15.8. The van der Waals surface area contributed by atoms with Gasteiger partial charge < -0.3 is 14.4 Å². The van der Waals surface area contributed by atoms with Gasteiger partial charge in [0, 0.05) is 40.9 Å². The molecule has 0 amide bonds. The van der Waals surface area contributed by atoms with Gasteiger partial charge in [0.25, 0.3) is 0 Å². The van der Waals surface area contributed by atoms with Gasteiger partial charge in [-0.25, -0.2) is 4.79 Å². The lowest BCUT2D eigenvalue weighted by atomic mass is 9.60. The van der Waals surface area contributed by atoms with Crippen LogP contribution in [0.25, 0.3) is 0 Å². The third-order valence-corrected chi connectivity index (χ3v) is 8.94. The fourth-order valence-electron chi connectivity index (χ4n) is 6.48. The molecular weight excluding hydrogens is 504 g/mol. The van der Waals surface area contributed by atoms with Gasteiger partial charge >= 0.3 is 5.97 Å². The first-order chi connectivity index (χ1) is 16.9. The number of carbonyl (C=O) groups is 1. The number of benzene rings is 2. The molecule has 188 valence electrons. The summed E-state index contributed by atoms with van der Waals surface area (Å²) in [5, 5.41) is 0. The molecule has 0 N–H and O–H groups in total. The summed E-state index contributed by atoms with van der Waals surface area (Å²) >= 11 is 3.55. The van der Waals surface area contributed by atoms with E-state index in [0.29, 0.717) is 23.1 Å². The molecule has 2 aromatic rings. The van der Waals surface area contributed by atoms with E-state index in [-0.39, 0.29) is 12.1 Å². The van der Waals surface area contributed by atoms with Crippen LogP contribution in [0.15, 0.2) is 46.9 Å². The van der Waals surface area contributed by atoms with Crippen LogP contribution in [0.2, 0.25) is 0 Å². The number of para-hydroxylation sites is 1. The quantitative estimate of drug-likeness (QED) is 0.385. The normalized spacial score (nSPS) is 22.4. The van der Waals surface area contributed by atoms with Crippen molar-refractivity contribution in [3.05, 3.63) is 58.1 Å².